The van der Waals surface area contributed by atoms with Crippen LogP contribution in [0.3, 0.4) is 0 Å². The Morgan fingerprint density at radius 2 is 1.77 bits per heavy atom. The van der Waals surface area contributed by atoms with E-state index in [4.69, 9.17) is 0 Å². The summed E-state index contributed by atoms with van der Waals surface area (Å²) in [6, 6.07) is 19.2. The summed E-state index contributed by atoms with van der Waals surface area (Å²) in [5.74, 6) is 0. The van der Waals surface area contributed by atoms with Gasteiger partial charge in [0.25, 0.3) is 0 Å². The lowest BCUT2D eigenvalue weighted by Crippen LogP contribution is -1.99. The fourth-order valence-electron chi connectivity index (χ4n) is 3.32. The number of benzene rings is 2. The van der Waals surface area contributed by atoms with E-state index in [1.165, 1.54) is 33.4 Å². The lowest BCUT2D eigenvalue weighted by Gasteiger charge is -2.16. The maximum absolute atomic E-state index is 4.67. The van der Waals surface area contributed by atoms with Gasteiger partial charge in [0.1, 0.15) is 0 Å². The highest BCUT2D eigenvalue weighted by Crippen LogP contribution is 2.35. The van der Waals surface area contributed by atoms with Crippen LogP contribution >= 0.6 is 0 Å². The highest BCUT2D eigenvalue weighted by molar-refractivity contribution is 5.85. The van der Waals surface area contributed by atoms with E-state index in [1.54, 1.807) is 6.20 Å². The number of nitrogens with zero attached hydrogens (tertiary/aromatic N) is 3. The molecule has 0 saturated carbocycles. The van der Waals surface area contributed by atoms with Crippen LogP contribution in [0.1, 0.15) is 16.7 Å². The van der Waals surface area contributed by atoms with E-state index in [9.17, 15) is 0 Å². The molecule has 4 aromatic rings. The van der Waals surface area contributed by atoms with Crippen LogP contribution in [0.2, 0.25) is 0 Å². The van der Waals surface area contributed by atoms with Gasteiger partial charge in [-0.1, -0.05) is 42.5 Å². The molecule has 0 aliphatic carbocycles. The molecular formula is C23H21N3. The van der Waals surface area contributed by atoms with Crippen molar-refractivity contribution in [3.63, 3.8) is 0 Å². The van der Waals surface area contributed by atoms with Crippen molar-refractivity contribution in [2.24, 2.45) is 0 Å². The smallest absolute Gasteiger partial charge is 0.0949 e. The van der Waals surface area contributed by atoms with Gasteiger partial charge in [-0.3, -0.25) is 4.98 Å². The van der Waals surface area contributed by atoms with Crippen LogP contribution in [0, 0.1) is 13.8 Å². The van der Waals surface area contributed by atoms with Crippen LogP contribution in [-0.2, 0) is 6.54 Å². The first kappa shape index (κ1) is 16.3. The minimum absolute atomic E-state index is 0.793. The van der Waals surface area contributed by atoms with Gasteiger partial charge in [0.15, 0.2) is 0 Å². The maximum Gasteiger partial charge on any atom is 0.0949 e. The summed E-state index contributed by atoms with van der Waals surface area (Å²) >= 11 is 0. The monoisotopic (exact) mass is 339 g/mol. The van der Waals surface area contributed by atoms with E-state index in [2.05, 4.69) is 83.0 Å². The third kappa shape index (κ3) is 3.16. The number of hydrogen-bond acceptors (Lipinski definition) is 2. The fraction of sp³-hybridized carbons (Fsp3) is 0.130. The Kier molecular flexibility index (Phi) is 4.36. The third-order valence-electron chi connectivity index (χ3n) is 4.82. The second-order valence-corrected chi connectivity index (χ2v) is 6.58. The number of rotatable bonds is 4. The summed E-state index contributed by atoms with van der Waals surface area (Å²) in [6.07, 6.45) is 7.52. The molecule has 2 heterocycles. The minimum Gasteiger partial charge on any atom is -0.333 e. The third-order valence-corrected chi connectivity index (χ3v) is 4.82. The maximum atomic E-state index is 4.67. The van der Waals surface area contributed by atoms with Crippen LogP contribution < -0.4 is 0 Å². The van der Waals surface area contributed by atoms with Crippen molar-refractivity contribution in [1.82, 2.24) is 14.5 Å². The molecule has 2 aromatic carbocycles. The molecule has 3 nitrogen and oxygen atoms in total. The van der Waals surface area contributed by atoms with Gasteiger partial charge in [0.05, 0.1) is 12.0 Å². The Balaban J connectivity index is 1.82. The zero-order valence-electron chi connectivity index (χ0n) is 15.1. The van der Waals surface area contributed by atoms with E-state index in [0.29, 0.717) is 0 Å². The minimum atomic E-state index is 0.793. The lowest BCUT2D eigenvalue weighted by atomic mass is 9.90. The highest BCUT2D eigenvalue weighted by atomic mass is 15.0. The Bertz CT molecular complexity index is 1020. The first-order chi connectivity index (χ1) is 12.7. The molecule has 2 aromatic heterocycles. The van der Waals surface area contributed by atoms with Gasteiger partial charge in [-0.2, -0.15) is 0 Å². The van der Waals surface area contributed by atoms with Gasteiger partial charge in [-0.25, -0.2) is 4.98 Å². The molecule has 4 rings (SSSR count). The molecule has 0 N–H and O–H groups in total. The van der Waals surface area contributed by atoms with Gasteiger partial charge in [-0.15, -0.1) is 0 Å². The highest BCUT2D eigenvalue weighted by Gasteiger charge is 2.13. The van der Waals surface area contributed by atoms with E-state index < -0.39 is 0 Å². The average Bonchev–Trinajstić information content (AvgIpc) is 3.18. The van der Waals surface area contributed by atoms with E-state index in [1.807, 2.05) is 18.7 Å². The largest absolute Gasteiger partial charge is 0.333 e. The molecule has 0 unspecified atom stereocenters. The summed E-state index contributed by atoms with van der Waals surface area (Å²) in [7, 11) is 0. The lowest BCUT2D eigenvalue weighted by molar-refractivity contribution is 0.796. The molecule has 0 bridgehead atoms. The molecule has 0 atom stereocenters. The standard InChI is InChI=1S/C23H21N3/c1-17-8-9-21(23(18(17)2)20-6-4-3-5-7-20)22-14-19(10-11-25-22)15-26-13-12-24-16-26/h3-14,16H,15H2,1-2H3. The number of hydrogen-bond donors (Lipinski definition) is 0. The molecule has 26 heavy (non-hydrogen) atoms. The second kappa shape index (κ2) is 6.96. The van der Waals surface area contributed by atoms with Gasteiger partial charge in [-0.05, 0) is 53.8 Å². The quantitative estimate of drug-likeness (QED) is 0.506. The van der Waals surface area contributed by atoms with Gasteiger partial charge < -0.3 is 4.57 Å². The molecule has 3 heteroatoms. The molecule has 0 amide bonds. The summed E-state index contributed by atoms with van der Waals surface area (Å²) in [6.45, 7) is 5.14. The summed E-state index contributed by atoms with van der Waals surface area (Å²) in [5.41, 5.74) is 8.47. The number of imidazole rings is 1. The van der Waals surface area contributed by atoms with Crippen molar-refractivity contribution in [3.8, 4) is 22.4 Å². The van der Waals surface area contributed by atoms with Crippen LogP contribution in [-0.4, -0.2) is 14.5 Å². The van der Waals surface area contributed by atoms with Gasteiger partial charge in [0.2, 0.25) is 0 Å². The first-order valence-electron chi connectivity index (χ1n) is 8.79. The topological polar surface area (TPSA) is 30.7 Å². The van der Waals surface area contributed by atoms with Crippen molar-refractivity contribution in [2.45, 2.75) is 20.4 Å². The first-order valence-corrected chi connectivity index (χ1v) is 8.79. The predicted molar refractivity (Wildman–Crippen MR) is 106 cm³/mol. The van der Waals surface area contributed by atoms with E-state index in [-0.39, 0.29) is 0 Å². The molecule has 0 aliphatic rings. The molecular weight excluding hydrogens is 318 g/mol. The zero-order chi connectivity index (χ0) is 17.9. The van der Waals surface area contributed by atoms with Crippen molar-refractivity contribution in [1.29, 1.82) is 0 Å². The Hall–Kier alpha value is -3.20. The SMILES string of the molecule is Cc1ccc(-c2cc(Cn3ccnc3)ccn2)c(-c2ccccc2)c1C. The molecule has 128 valence electrons. The molecule has 0 fully saturated rings. The Labute approximate surface area is 154 Å². The van der Waals surface area contributed by atoms with Crippen LogP contribution in [0.5, 0.6) is 0 Å². The van der Waals surface area contributed by atoms with Crippen LogP contribution in [0.25, 0.3) is 22.4 Å². The average molecular weight is 339 g/mol. The van der Waals surface area contributed by atoms with Gasteiger partial charge in [0, 0.05) is 30.7 Å². The van der Waals surface area contributed by atoms with Crippen LogP contribution in [0.4, 0.5) is 0 Å². The van der Waals surface area contributed by atoms with Crippen molar-refractivity contribution < 1.29 is 0 Å². The molecule has 0 saturated heterocycles. The van der Waals surface area contributed by atoms with Gasteiger partial charge >= 0.3 is 0 Å². The number of aryl methyl sites for hydroxylation is 1. The molecule has 0 radical (unpaired) electrons. The normalized spacial score (nSPS) is 10.8. The molecule has 0 spiro atoms. The number of aromatic nitrogens is 3. The van der Waals surface area contributed by atoms with Crippen LogP contribution in [0.15, 0.2) is 79.5 Å². The fourth-order valence-corrected chi connectivity index (χ4v) is 3.32. The van der Waals surface area contributed by atoms with Crippen molar-refractivity contribution in [3.05, 3.63) is 96.2 Å². The Morgan fingerprint density at radius 3 is 2.54 bits per heavy atom. The zero-order valence-corrected chi connectivity index (χ0v) is 15.1. The Morgan fingerprint density at radius 1 is 0.923 bits per heavy atom. The predicted octanol–water partition coefficient (Wildman–Crippen LogP) is 5.28. The van der Waals surface area contributed by atoms with Crippen molar-refractivity contribution >= 4 is 0 Å². The van der Waals surface area contributed by atoms with E-state index >= 15 is 0 Å². The molecule has 0 aliphatic heterocycles. The number of pyridine rings is 1. The summed E-state index contributed by atoms with van der Waals surface area (Å²) in [5, 5.41) is 0. The van der Waals surface area contributed by atoms with E-state index in [0.717, 1.165) is 12.2 Å². The summed E-state index contributed by atoms with van der Waals surface area (Å²) in [4.78, 5) is 8.79. The second-order valence-electron chi connectivity index (χ2n) is 6.58. The summed E-state index contributed by atoms with van der Waals surface area (Å²) < 4.78 is 2.07. The van der Waals surface area contributed by atoms with Crippen molar-refractivity contribution in [2.75, 3.05) is 0 Å².